The zero-order valence-electron chi connectivity index (χ0n) is 12.4. The molecule has 0 atom stereocenters. The van der Waals surface area contributed by atoms with Crippen molar-refractivity contribution in [1.29, 1.82) is 5.26 Å². The lowest BCUT2D eigenvalue weighted by molar-refractivity contribution is -0.121. The Balaban J connectivity index is 2.06. The summed E-state index contributed by atoms with van der Waals surface area (Å²) in [6.07, 6.45) is 0. The number of benzene rings is 1. The van der Waals surface area contributed by atoms with Gasteiger partial charge in [0.25, 0.3) is 5.91 Å². The van der Waals surface area contributed by atoms with Crippen LogP contribution in [0.25, 0.3) is 10.4 Å². The van der Waals surface area contributed by atoms with Crippen LogP contribution >= 0.6 is 11.3 Å². The van der Waals surface area contributed by atoms with Gasteiger partial charge in [-0.2, -0.15) is 5.26 Å². The Morgan fingerprint density at radius 1 is 1.26 bits per heavy atom. The second-order valence-corrected chi connectivity index (χ2v) is 6.72. The van der Waals surface area contributed by atoms with Crippen molar-refractivity contribution in [1.82, 2.24) is 5.32 Å². The fraction of sp³-hybridized carbons (Fsp3) is 0.188. The molecule has 23 heavy (non-hydrogen) atoms. The first-order valence-electron chi connectivity index (χ1n) is 6.80. The van der Waals surface area contributed by atoms with E-state index in [-0.39, 0.29) is 5.56 Å². The third-order valence-corrected chi connectivity index (χ3v) is 4.57. The third-order valence-electron chi connectivity index (χ3n) is 3.55. The first-order valence-corrected chi connectivity index (χ1v) is 7.62. The molecule has 5 nitrogen and oxygen atoms in total. The summed E-state index contributed by atoms with van der Waals surface area (Å²) in [5, 5.41) is 11.5. The molecule has 3 rings (SSSR count). The summed E-state index contributed by atoms with van der Waals surface area (Å²) in [7, 11) is 0. The molecule has 2 aromatic rings. The number of hydrogen-bond donors (Lipinski definition) is 1. The van der Waals surface area contributed by atoms with Crippen molar-refractivity contribution in [3.63, 3.8) is 0 Å². The van der Waals surface area contributed by atoms with Gasteiger partial charge in [-0.3, -0.25) is 4.79 Å². The standard InChI is InChI=1S/C16H12FN3O2S/c1-16(2)14(21)20(15(22)19-16)9-3-5-12(17)11(7-9)13-6-4-10(8-18)23-13/h3-7H,1-2H3,(H,19,22). The smallest absolute Gasteiger partial charge is 0.323 e. The lowest BCUT2D eigenvalue weighted by atomic mass is 10.1. The first-order chi connectivity index (χ1) is 10.8. The van der Waals surface area contributed by atoms with Crippen LogP contribution in [0.4, 0.5) is 14.9 Å². The highest BCUT2D eigenvalue weighted by Crippen LogP contribution is 2.34. The van der Waals surface area contributed by atoms with Gasteiger partial charge in [-0.1, -0.05) is 0 Å². The van der Waals surface area contributed by atoms with E-state index in [0.29, 0.717) is 15.4 Å². The van der Waals surface area contributed by atoms with Crippen LogP contribution in [0.3, 0.4) is 0 Å². The average Bonchev–Trinajstić information content (AvgIpc) is 3.04. The van der Waals surface area contributed by atoms with Crippen LogP contribution in [-0.4, -0.2) is 17.5 Å². The van der Waals surface area contributed by atoms with Gasteiger partial charge in [0.15, 0.2) is 0 Å². The first kappa shape index (κ1) is 15.2. The van der Waals surface area contributed by atoms with Crippen LogP contribution in [-0.2, 0) is 4.79 Å². The number of hydrogen-bond acceptors (Lipinski definition) is 4. The van der Waals surface area contributed by atoms with Gasteiger partial charge in [0.2, 0.25) is 0 Å². The predicted molar refractivity (Wildman–Crippen MR) is 84.5 cm³/mol. The summed E-state index contributed by atoms with van der Waals surface area (Å²) in [5.74, 6) is -0.879. The summed E-state index contributed by atoms with van der Waals surface area (Å²) in [5.41, 5.74) is -0.455. The van der Waals surface area contributed by atoms with Gasteiger partial charge in [0, 0.05) is 10.4 Å². The van der Waals surface area contributed by atoms with E-state index < -0.39 is 23.3 Å². The molecule has 1 aromatic heterocycles. The number of halogens is 1. The molecule has 1 saturated heterocycles. The Morgan fingerprint density at radius 2 is 2.00 bits per heavy atom. The molecule has 0 radical (unpaired) electrons. The van der Waals surface area contributed by atoms with Gasteiger partial charge in [0.05, 0.1) is 5.69 Å². The van der Waals surface area contributed by atoms with E-state index in [2.05, 4.69) is 5.32 Å². The van der Waals surface area contributed by atoms with Gasteiger partial charge >= 0.3 is 6.03 Å². The highest BCUT2D eigenvalue weighted by atomic mass is 32.1. The maximum Gasteiger partial charge on any atom is 0.329 e. The lowest BCUT2D eigenvalue weighted by Crippen LogP contribution is -2.40. The molecule has 7 heteroatoms. The number of carbonyl (C=O) groups excluding carboxylic acids is 2. The molecule has 0 aliphatic carbocycles. The number of urea groups is 1. The Morgan fingerprint density at radius 3 is 2.57 bits per heavy atom. The van der Waals surface area contributed by atoms with Gasteiger partial charge in [-0.25, -0.2) is 14.1 Å². The second-order valence-electron chi connectivity index (χ2n) is 5.64. The van der Waals surface area contributed by atoms with E-state index in [0.717, 1.165) is 16.2 Å². The molecule has 0 unspecified atom stereocenters. The summed E-state index contributed by atoms with van der Waals surface area (Å²) in [6.45, 7) is 3.21. The SMILES string of the molecule is CC1(C)NC(=O)N(c2ccc(F)c(-c3ccc(C#N)s3)c2)C1=O. The van der Waals surface area contributed by atoms with E-state index in [1.165, 1.54) is 18.2 Å². The van der Waals surface area contributed by atoms with E-state index in [4.69, 9.17) is 5.26 Å². The molecule has 1 aromatic carbocycles. The largest absolute Gasteiger partial charge is 0.329 e. The summed E-state index contributed by atoms with van der Waals surface area (Å²) in [4.78, 5) is 26.4. The zero-order valence-corrected chi connectivity index (χ0v) is 13.2. The maximum atomic E-state index is 14.1. The van der Waals surface area contributed by atoms with Crippen LogP contribution in [0.1, 0.15) is 18.7 Å². The number of imide groups is 1. The second kappa shape index (κ2) is 5.18. The topological polar surface area (TPSA) is 73.2 Å². The zero-order chi connectivity index (χ0) is 16.8. The molecule has 0 bridgehead atoms. The van der Waals surface area contributed by atoms with Gasteiger partial charge in [0.1, 0.15) is 22.3 Å². The van der Waals surface area contributed by atoms with E-state index >= 15 is 0 Å². The highest BCUT2D eigenvalue weighted by Gasteiger charge is 2.45. The monoisotopic (exact) mass is 329 g/mol. The normalized spacial score (nSPS) is 16.3. The van der Waals surface area contributed by atoms with Crippen molar-refractivity contribution in [2.75, 3.05) is 4.90 Å². The number of rotatable bonds is 2. The average molecular weight is 329 g/mol. The molecule has 1 aliphatic rings. The lowest BCUT2D eigenvalue weighted by Gasteiger charge is -2.16. The minimum absolute atomic E-state index is 0.249. The van der Waals surface area contributed by atoms with Crippen LogP contribution in [0.2, 0.25) is 0 Å². The Kier molecular flexibility index (Phi) is 3.42. The van der Waals surface area contributed by atoms with Gasteiger partial charge < -0.3 is 5.32 Å². The summed E-state index contributed by atoms with van der Waals surface area (Å²) < 4.78 is 14.1. The number of nitrogens with zero attached hydrogens (tertiary/aromatic N) is 2. The maximum absolute atomic E-state index is 14.1. The van der Waals surface area contributed by atoms with E-state index in [9.17, 15) is 14.0 Å². The molecule has 2 heterocycles. The molecule has 1 aliphatic heterocycles. The fourth-order valence-electron chi connectivity index (χ4n) is 2.37. The summed E-state index contributed by atoms with van der Waals surface area (Å²) >= 11 is 1.15. The number of carbonyl (C=O) groups is 2. The van der Waals surface area contributed by atoms with Crippen LogP contribution < -0.4 is 10.2 Å². The van der Waals surface area contributed by atoms with Crippen molar-refractivity contribution in [2.24, 2.45) is 0 Å². The third kappa shape index (κ3) is 2.47. The van der Waals surface area contributed by atoms with E-state index in [1.54, 1.807) is 26.0 Å². The van der Waals surface area contributed by atoms with Crippen LogP contribution in [0, 0.1) is 17.1 Å². The van der Waals surface area contributed by atoms with Crippen molar-refractivity contribution in [3.05, 3.63) is 41.0 Å². The number of nitriles is 1. The number of nitrogens with one attached hydrogen (secondary N) is 1. The molecule has 116 valence electrons. The molecule has 0 saturated carbocycles. The van der Waals surface area contributed by atoms with Crippen molar-refractivity contribution < 1.29 is 14.0 Å². The fourth-order valence-corrected chi connectivity index (χ4v) is 3.19. The van der Waals surface area contributed by atoms with Gasteiger partial charge in [-0.05, 0) is 44.2 Å². The van der Waals surface area contributed by atoms with Crippen LogP contribution in [0.5, 0.6) is 0 Å². The number of anilines is 1. The highest BCUT2D eigenvalue weighted by molar-refractivity contribution is 7.16. The minimum atomic E-state index is -0.997. The molecular weight excluding hydrogens is 317 g/mol. The van der Waals surface area contributed by atoms with Crippen molar-refractivity contribution >= 4 is 29.0 Å². The van der Waals surface area contributed by atoms with Crippen molar-refractivity contribution in [2.45, 2.75) is 19.4 Å². The minimum Gasteiger partial charge on any atom is -0.323 e. The molecule has 1 N–H and O–H groups in total. The Hall–Kier alpha value is -2.72. The van der Waals surface area contributed by atoms with Gasteiger partial charge in [-0.15, -0.1) is 11.3 Å². The Bertz CT molecular complexity index is 866. The number of thiophene rings is 1. The molecular formula is C16H12FN3O2S. The van der Waals surface area contributed by atoms with E-state index in [1.807, 2.05) is 6.07 Å². The molecule has 0 spiro atoms. The van der Waals surface area contributed by atoms with Crippen LogP contribution in [0.15, 0.2) is 30.3 Å². The molecule has 3 amide bonds. The predicted octanol–water partition coefficient (Wildman–Crippen LogP) is 3.26. The van der Waals surface area contributed by atoms with Crippen molar-refractivity contribution in [3.8, 4) is 16.5 Å². The Labute approximate surface area is 136 Å². The number of amides is 3. The summed E-state index contributed by atoms with van der Waals surface area (Å²) in [6, 6.07) is 8.74. The molecule has 1 fully saturated rings. The quantitative estimate of drug-likeness (QED) is 0.860.